The van der Waals surface area contributed by atoms with E-state index in [0.717, 1.165) is 0 Å². The molecule has 8 heteroatoms. The number of amides is 1. The summed E-state index contributed by atoms with van der Waals surface area (Å²) >= 11 is 1.30. The van der Waals surface area contributed by atoms with Gasteiger partial charge in [0.2, 0.25) is 0 Å². The van der Waals surface area contributed by atoms with Crippen LogP contribution in [0.1, 0.15) is 15.5 Å². The Morgan fingerprint density at radius 1 is 1.20 bits per heavy atom. The number of aromatic nitrogens is 1. The minimum absolute atomic E-state index is 0.0804. The number of methoxy groups -OCH3 is 2. The van der Waals surface area contributed by atoms with Crippen molar-refractivity contribution in [1.82, 2.24) is 9.88 Å². The Hall–Kier alpha value is -2.45. The molecule has 1 aromatic carbocycles. The first-order chi connectivity index (χ1) is 12.1. The van der Waals surface area contributed by atoms with Crippen molar-refractivity contribution in [2.75, 3.05) is 34.0 Å². The fraction of sp³-hybridized carbons (Fsp3) is 0.353. The van der Waals surface area contributed by atoms with Crippen LogP contribution in [0.15, 0.2) is 35.7 Å². The first kappa shape index (κ1) is 18.9. The van der Waals surface area contributed by atoms with Gasteiger partial charge in [0.15, 0.2) is 12.3 Å². The Bertz CT molecular complexity index is 689. The van der Waals surface area contributed by atoms with Crippen LogP contribution in [0.3, 0.4) is 0 Å². The van der Waals surface area contributed by atoms with Gasteiger partial charge in [0, 0.05) is 19.0 Å². The number of ether oxygens (including phenoxy) is 3. The molecule has 0 saturated heterocycles. The summed E-state index contributed by atoms with van der Waals surface area (Å²) in [7, 11) is 2.87. The van der Waals surface area contributed by atoms with E-state index in [4.69, 9.17) is 9.47 Å². The quantitative estimate of drug-likeness (QED) is 0.633. The minimum Gasteiger partial charge on any atom is -0.484 e. The predicted octanol–water partition coefficient (Wildman–Crippen LogP) is 1.98. The highest BCUT2D eigenvalue weighted by Crippen LogP contribution is 2.14. The third-order valence-electron chi connectivity index (χ3n) is 3.30. The Morgan fingerprint density at radius 3 is 2.64 bits per heavy atom. The first-order valence-corrected chi connectivity index (χ1v) is 8.49. The average molecular weight is 364 g/mol. The summed E-state index contributed by atoms with van der Waals surface area (Å²) in [6, 6.07) is 9.13. The lowest BCUT2D eigenvalue weighted by Crippen LogP contribution is -2.36. The number of para-hydroxylation sites is 1. The van der Waals surface area contributed by atoms with Gasteiger partial charge in [-0.1, -0.05) is 18.2 Å². The maximum absolute atomic E-state index is 12.5. The van der Waals surface area contributed by atoms with Gasteiger partial charge in [0.05, 0.1) is 20.3 Å². The summed E-state index contributed by atoms with van der Waals surface area (Å²) in [4.78, 5) is 29.7. The molecule has 2 aromatic rings. The van der Waals surface area contributed by atoms with Crippen LogP contribution in [0.25, 0.3) is 0 Å². The predicted molar refractivity (Wildman–Crippen MR) is 92.7 cm³/mol. The second kappa shape index (κ2) is 9.75. The highest BCUT2D eigenvalue weighted by Gasteiger charge is 2.18. The van der Waals surface area contributed by atoms with E-state index in [-0.39, 0.29) is 24.8 Å². The van der Waals surface area contributed by atoms with E-state index in [2.05, 4.69) is 9.72 Å². The van der Waals surface area contributed by atoms with Gasteiger partial charge < -0.3 is 19.1 Å². The topological polar surface area (TPSA) is 78.0 Å². The fourth-order valence-corrected chi connectivity index (χ4v) is 2.77. The Morgan fingerprint density at radius 2 is 1.96 bits per heavy atom. The largest absolute Gasteiger partial charge is 0.484 e. The number of hydrogen-bond donors (Lipinski definition) is 0. The SMILES string of the molecule is COCCN(Cc1nc(C(=O)OC)cs1)C(=O)COc1ccccc1. The van der Waals surface area contributed by atoms with Gasteiger partial charge in [-0.15, -0.1) is 11.3 Å². The summed E-state index contributed by atoms with van der Waals surface area (Å²) in [5.74, 6) is -0.0508. The third kappa shape index (κ3) is 5.84. The fourth-order valence-electron chi connectivity index (χ4n) is 1.99. The molecular formula is C17H20N2O5S. The molecule has 0 spiro atoms. The molecule has 0 N–H and O–H groups in total. The van der Waals surface area contributed by atoms with Crippen molar-refractivity contribution in [3.63, 3.8) is 0 Å². The molecule has 0 fully saturated rings. The molecule has 25 heavy (non-hydrogen) atoms. The van der Waals surface area contributed by atoms with Crippen molar-refractivity contribution in [3.05, 3.63) is 46.4 Å². The van der Waals surface area contributed by atoms with Crippen molar-refractivity contribution in [2.45, 2.75) is 6.54 Å². The van der Waals surface area contributed by atoms with Gasteiger partial charge >= 0.3 is 5.97 Å². The molecule has 0 atom stereocenters. The summed E-state index contributed by atoms with van der Waals surface area (Å²) in [5, 5.41) is 2.25. The number of rotatable bonds is 9. The standard InChI is InChI=1S/C17H20N2O5S/c1-22-9-8-19(10-15-18-14(12-25-15)17(21)23-2)16(20)11-24-13-6-4-3-5-7-13/h3-7,12H,8-11H2,1-2H3. The molecule has 0 aliphatic rings. The first-order valence-electron chi connectivity index (χ1n) is 7.61. The molecule has 1 aromatic heterocycles. The Labute approximate surface area is 150 Å². The van der Waals surface area contributed by atoms with E-state index in [1.54, 1.807) is 29.5 Å². The molecule has 0 saturated carbocycles. The molecule has 0 radical (unpaired) electrons. The third-order valence-corrected chi connectivity index (χ3v) is 4.13. The summed E-state index contributed by atoms with van der Waals surface area (Å²) in [5.41, 5.74) is 0.238. The van der Waals surface area contributed by atoms with Gasteiger partial charge in [-0.05, 0) is 12.1 Å². The average Bonchev–Trinajstić information content (AvgIpc) is 3.12. The maximum Gasteiger partial charge on any atom is 0.357 e. The second-order valence-electron chi connectivity index (χ2n) is 5.03. The van der Waals surface area contributed by atoms with Crippen molar-refractivity contribution in [3.8, 4) is 5.75 Å². The molecule has 0 unspecified atom stereocenters. The van der Waals surface area contributed by atoms with Crippen LogP contribution >= 0.6 is 11.3 Å². The Balaban J connectivity index is 1.98. The van der Waals surface area contributed by atoms with Gasteiger partial charge in [-0.2, -0.15) is 0 Å². The zero-order valence-corrected chi connectivity index (χ0v) is 15.0. The molecule has 0 aliphatic carbocycles. The van der Waals surface area contributed by atoms with Crippen LogP contribution < -0.4 is 4.74 Å². The van der Waals surface area contributed by atoms with E-state index < -0.39 is 5.97 Å². The molecular weight excluding hydrogens is 344 g/mol. The van der Waals surface area contributed by atoms with Crippen molar-refractivity contribution in [1.29, 1.82) is 0 Å². The van der Waals surface area contributed by atoms with Crippen LogP contribution in [-0.4, -0.2) is 55.7 Å². The molecule has 1 amide bonds. The lowest BCUT2D eigenvalue weighted by Gasteiger charge is -2.21. The lowest BCUT2D eigenvalue weighted by atomic mass is 10.3. The van der Waals surface area contributed by atoms with Gasteiger partial charge in [0.1, 0.15) is 10.8 Å². The normalized spacial score (nSPS) is 10.3. The second-order valence-corrected chi connectivity index (χ2v) is 5.97. The number of nitrogens with zero attached hydrogens (tertiary/aromatic N) is 2. The molecule has 1 heterocycles. The molecule has 7 nitrogen and oxygen atoms in total. The maximum atomic E-state index is 12.5. The summed E-state index contributed by atoms with van der Waals surface area (Å²) in [6.07, 6.45) is 0. The number of carbonyl (C=O) groups excluding carboxylic acids is 2. The molecule has 0 bridgehead atoms. The number of hydrogen-bond acceptors (Lipinski definition) is 7. The van der Waals surface area contributed by atoms with E-state index in [1.807, 2.05) is 18.2 Å². The zero-order valence-electron chi connectivity index (χ0n) is 14.1. The van der Waals surface area contributed by atoms with Crippen LogP contribution in [0, 0.1) is 0 Å². The Kier molecular flexibility index (Phi) is 7.36. The summed E-state index contributed by atoms with van der Waals surface area (Å²) in [6.45, 7) is 0.998. The monoisotopic (exact) mass is 364 g/mol. The van der Waals surface area contributed by atoms with Gasteiger partial charge in [-0.25, -0.2) is 9.78 Å². The van der Waals surface area contributed by atoms with Crippen LogP contribution in [-0.2, 0) is 20.8 Å². The summed E-state index contributed by atoms with van der Waals surface area (Å²) < 4.78 is 15.2. The van der Waals surface area contributed by atoms with Crippen LogP contribution in [0.5, 0.6) is 5.75 Å². The van der Waals surface area contributed by atoms with Crippen molar-refractivity contribution >= 4 is 23.2 Å². The van der Waals surface area contributed by atoms with Crippen LogP contribution in [0.2, 0.25) is 0 Å². The minimum atomic E-state index is -0.496. The van der Waals surface area contributed by atoms with E-state index in [0.29, 0.717) is 23.9 Å². The zero-order chi connectivity index (χ0) is 18.1. The van der Waals surface area contributed by atoms with Gasteiger partial charge in [0.25, 0.3) is 5.91 Å². The molecule has 2 rings (SSSR count). The van der Waals surface area contributed by atoms with E-state index in [1.165, 1.54) is 18.4 Å². The molecule has 134 valence electrons. The number of esters is 1. The van der Waals surface area contributed by atoms with Crippen molar-refractivity contribution < 1.29 is 23.8 Å². The van der Waals surface area contributed by atoms with Crippen molar-refractivity contribution in [2.24, 2.45) is 0 Å². The highest BCUT2D eigenvalue weighted by atomic mass is 32.1. The van der Waals surface area contributed by atoms with Gasteiger partial charge in [-0.3, -0.25) is 4.79 Å². The van der Waals surface area contributed by atoms with E-state index >= 15 is 0 Å². The highest BCUT2D eigenvalue weighted by molar-refractivity contribution is 7.09. The lowest BCUT2D eigenvalue weighted by molar-refractivity contribution is -0.134. The number of benzene rings is 1. The number of carbonyl (C=O) groups is 2. The number of thiazole rings is 1. The smallest absolute Gasteiger partial charge is 0.357 e. The van der Waals surface area contributed by atoms with Crippen LogP contribution in [0.4, 0.5) is 0 Å². The molecule has 0 aliphatic heterocycles. The van der Waals surface area contributed by atoms with E-state index in [9.17, 15) is 9.59 Å².